The number of nitrogens with zero attached hydrogens (tertiary/aromatic N) is 2. The molecule has 0 aromatic carbocycles. The topological polar surface area (TPSA) is 53.2 Å². The molecule has 1 aliphatic rings. The Morgan fingerprint density at radius 2 is 2.16 bits per heavy atom. The van der Waals surface area contributed by atoms with Gasteiger partial charge in [0.1, 0.15) is 5.82 Å². The summed E-state index contributed by atoms with van der Waals surface area (Å²) in [5.74, 6) is 1.02. The summed E-state index contributed by atoms with van der Waals surface area (Å²) < 4.78 is 5.34. The van der Waals surface area contributed by atoms with Crippen molar-refractivity contribution < 1.29 is 4.74 Å². The van der Waals surface area contributed by atoms with Crippen LogP contribution in [0.2, 0.25) is 0 Å². The van der Waals surface area contributed by atoms with E-state index in [0.717, 1.165) is 50.0 Å². The van der Waals surface area contributed by atoms with Gasteiger partial charge in [-0.15, -0.1) is 0 Å². The average molecular weight is 258 g/mol. The summed E-state index contributed by atoms with van der Waals surface area (Å²) in [6.07, 6.45) is 3.81. The van der Waals surface area contributed by atoms with Gasteiger partial charge < -0.3 is 19.9 Å². The molecular weight excluding hydrogens is 240 g/mol. The summed E-state index contributed by atoms with van der Waals surface area (Å²) in [7, 11) is 0. The largest absolute Gasteiger partial charge is 0.378 e. The van der Waals surface area contributed by atoms with Crippen molar-refractivity contribution >= 4 is 11.5 Å². The number of anilines is 2. The molecule has 1 saturated heterocycles. The quantitative estimate of drug-likeness (QED) is 0.879. The summed E-state index contributed by atoms with van der Waals surface area (Å²) in [6.45, 7) is 4.19. The molecule has 0 unspecified atom stereocenters. The Balaban J connectivity index is 1.58. The van der Waals surface area contributed by atoms with Crippen LogP contribution in [-0.2, 0) is 11.3 Å². The van der Waals surface area contributed by atoms with Crippen LogP contribution in [0.5, 0.6) is 0 Å². The van der Waals surface area contributed by atoms with Crippen molar-refractivity contribution in [3.05, 3.63) is 42.4 Å². The molecule has 2 N–H and O–H groups in total. The second kappa shape index (κ2) is 5.75. The molecule has 1 fully saturated rings. The van der Waals surface area contributed by atoms with Crippen LogP contribution < -0.4 is 10.2 Å². The van der Waals surface area contributed by atoms with Crippen molar-refractivity contribution in [2.24, 2.45) is 0 Å². The highest BCUT2D eigenvalue weighted by molar-refractivity contribution is 5.48. The van der Waals surface area contributed by atoms with E-state index in [1.807, 2.05) is 18.5 Å². The van der Waals surface area contributed by atoms with Gasteiger partial charge in [-0.05, 0) is 24.3 Å². The molecule has 0 radical (unpaired) electrons. The first-order valence-electron chi connectivity index (χ1n) is 6.57. The number of rotatable bonds is 4. The van der Waals surface area contributed by atoms with Crippen molar-refractivity contribution in [1.82, 2.24) is 9.97 Å². The molecule has 5 heteroatoms. The van der Waals surface area contributed by atoms with Gasteiger partial charge in [-0.25, -0.2) is 4.98 Å². The van der Waals surface area contributed by atoms with E-state index in [4.69, 9.17) is 4.74 Å². The monoisotopic (exact) mass is 258 g/mol. The van der Waals surface area contributed by atoms with Crippen LogP contribution in [0.25, 0.3) is 0 Å². The van der Waals surface area contributed by atoms with Crippen molar-refractivity contribution in [2.45, 2.75) is 6.54 Å². The minimum absolute atomic E-state index is 0.783. The predicted molar refractivity (Wildman–Crippen MR) is 75.4 cm³/mol. The lowest BCUT2D eigenvalue weighted by Crippen LogP contribution is -2.36. The highest BCUT2D eigenvalue weighted by Gasteiger charge is 2.11. The minimum Gasteiger partial charge on any atom is -0.378 e. The van der Waals surface area contributed by atoms with E-state index in [9.17, 15) is 0 Å². The highest BCUT2D eigenvalue weighted by Crippen LogP contribution is 2.15. The van der Waals surface area contributed by atoms with Gasteiger partial charge >= 0.3 is 0 Å². The van der Waals surface area contributed by atoms with E-state index in [2.05, 4.69) is 38.4 Å². The second-order valence-corrected chi connectivity index (χ2v) is 4.55. The van der Waals surface area contributed by atoms with Gasteiger partial charge in [-0.2, -0.15) is 0 Å². The first kappa shape index (κ1) is 12.0. The van der Waals surface area contributed by atoms with E-state index in [1.165, 1.54) is 0 Å². The predicted octanol–water partition coefficient (Wildman–Crippen LogP) is 1.86. The summed E-state index contributed by atoms with van der Waals surface area (Å²) in [5, 5.41) is 3.34. The number of aromatic amines is 1. The fraction of sp³-hybridized carbons (Fsp3) is 0.357. The molecule has 100 valence electrons. The first-order chi connectivity index (χ1) is 9.42. The zero-order chi connectivity index (χ0) is 12.9. The number of aromatic nitrogens is 2. The maximum absolute atomic E-state index is 5.34. The number of nitrogens with one attached hydrogen (secondary N) is 2. The van der Waals surface area contributed by atoms with E-state index >= 15 is 0 Å². The van der Waals surface area contributed by atoms with Gasteiger partial charge in [-0.1, -0.05) is 0 Å². The molecule has 0 spiro atoms. The van der Waals surface area contributed by atoms with E-state index in [1.54, 1.807) is 0 Å². The van der Waals surface area contributed by atoms with Gasteiger partial charge in [0, 0.05) is 25.0 Å². The van der Waals surface area contributed by atoms with Crippen LogP contribution in [0.1, 0.15) is 5.69 Å². The summed E-state index contributed by atoms with van der Waals surface area (Å²) in [6, 6.07) is 8.18. The number of morpholine rings is 1. The molecule has 5 nitrogen and oxygen atoms in total. The Morgan fingerprint density at radius 3 is 2.84 bits per heavy atom. The molecule has 0 atom stereocenters. The maximum Gasteiger partial charge on any atom is 0.128 e. The number of ether oxygens (including phenoxy) is 1. The second-order valence-electron chi connectivity index (χ2n) is 4.55. The van der Waals surface area contributed by atoms with E-state index in [0.29, 0.717) is 0 Å². The minimum atomic E-state index is 0.783. The van der Waals surface area contributed by atoms with Gasteiger partial charge in [0.05, 0.1) is 31.6 Å². The molecule has 2 aromatic rings. The Labute approximate surface area is 112 Å². The first-order valence-corrected chi connectivity index (χ1v) is 6.57. The molecule has 1 aliphatic heterocycles. The number of hydrogen-bond acceptors (Lipinski definition) is 4. The van der Waals surface area contributed by atoms with Crippen LogP contribution >= 0.6 is 0 Å². The van der Waals surface area contributed by atoms with Crippen LogP contribution in [-0.4, -0.2) is 36.3 Å². The third kappa shape index (κ3) is 3.06. The van der Waals surface area contributed by atoms with Crippen LogP contribution in [0.4, 0.5) is 11.5 Å². The van der Waals surface area contributed by atoms with Crippen molar-refractivity contribution in [2.75, 3.05) is 36.5 Å². The van der Waals surface area contributed by atoms with Crippen LogP contribution in [0, 0.1) is 0 Å². The fourth-order valence-corrected chi connectivity index (χ4v) is 2.14. The zero-order valence-corrected chi connectivity index (χ0v) is 10.8. The molecule has 0 amide bonds. The van der Waals surface area contributed by atoms with E-state index < -0.39 is 0 Å². The van der Waals surface area contributed by atoms with Crippen molar-refractivity contribution in [3.8, 4) is 0 Å². The Bertz CT molecular complexity index is 489. The SMILES string of the molecule is c1c[nH]c(CNc2ccc(N3CCOCC3)nc2)c1. The van der Waals surface area contributed by atoms with E-state index in [-0.39, 0.29) is 0 Å². The summed E-state index contributed by atoms with van der Waals surface area (Å²) in [4.78, 5) is 9.91. The molecule has 0 aliphatic carbocycles. The van der Waals surface area contributed by atoms with Gasteiger partial charge in [0.15, 0.2) is 0 Å². The lowest BCUT2D eigenvalue weighted by Gasteiger charge is -2.27. The number of hydrogen-bond donors (Lipinski definition) is 2. The zero-order valence-electron chi connectivity index (χ0n) is 10.8. The lowest BCUT2D eigenvalue weighted by molar-refractivity contribution is 0.122. The molecule has 0 bridgehead atoms. The van der Waals surface area contributed by atoms with Gasteiger partial charge in [0.25, 0.3) is 0 Å². The maximum atomic E-state index is 5.34. The number of H-pyrrole nitrogens is 1. The normalized spacial score (nSPS) is 15.5. The Kier molecular flexibility index (Phi) is 3.65. The fourth-order valence-electron chi connectivity index (χ4n) is 2.14. The molecule has 2 aromatic heterocycles. The highest BCUT2D eigenvalue weighted by atomic mass is 16.5. The van der Waals surface area contributed by atoms with Crippen LogP contribution in [0.15, 0.2) is 36.7 Å². The number of pyridine rings is 1. The third-order valence-electron chi connectivity index (χ3n) is 3.23. The van der Waals surface area contributed by atoms with Gasteiger partial charge in [0.2, 0.25) is 0 Å². The standard InChI is InChI=1S/C14H18N4O/c1-2-12(15-5-1)10-16-13-3-4-14(17-11-13)18-6-8-19-9-7-18/h1-5,11,15-16H,6-10H2. The van der Waals surface area contributed by atoms with Crippen LogP contribution in [0.3, 0.4) is 0 Å². The van der Waals surface area contributed by atoms with Crippen molar-refractivity contribution in [1.29, 1.82) is 0 Å². The molecule has 3 heterocycles. The molecule has 19 heavy (non-hydrogen) atoms. The Morgan fingerprint density at radius 1 is 1.26 bits per heavy atom. The Hall–Kier alpha value is -2.01. The molecular formula is C14H18N4O. The molecule has 3 rings (SSSR count). The summed E-state index contributed by atoms with van der Waals surface area (Å²) >= 11 is 0. The smallest absolute Gasteiger partial charge is 0.128 e. The average Bonchev–Trinajstić information content (AvgIpc) is 3.00. The van der Waals surface area contributed by atoms with Gasteiger partial charge in [-0.3, -0.25) is 0 Å². The van der Waals surface area contributed by atoms with Crippen molar-refractivity contribution in [3.63, 3.8) is 0 Å². The third-order valence-corrected chi connectivity index (χ3v) is 3.23. The molecule has 0 saturated carbocycles. The lowest BCUT2D eigenvalue weighted by atomic mass is 10.3. The summed E-state index contributed by atoms with van der Waals surface area (Å²) in [5.41, 5.74) is 2.20.